The van der Waals surface area contributed by atoms with E-state index in [1.807, 2.05) is 12.1 Å². The maximum atomic E-state index is 8.29. The van der Waals surface area contributed by atoms with Crippen LogP contribution in [0, 0.1) is 11.5 Å². The molecule has 0 aliphatic heterocycles. The maximum Gasteiger partial charge on any atom is 0.184 e. The number of ether oxygens (including phenoxy) is 1. The molecule has 0 amide bonds. The summed E-state index contributed by atoms with van der Waals surface area (Å²) in [5.41, 5.74) is 0.804. The maximum absolute atomic E-state index is 8.29. The van der Waals surface area contributed by atoms with Crippen LogP contribution in [0.2, 0.25) is 0 Å². The van der Waals surface area contributed by atoms with Gasteiger partial charge in [0.25, 0.3) is 0 Å². The number of thiocarbonyl (C=S) groups is 1. The largest absolute Gasteiger partial charge is 0.497 e. The van der Waals surface area contributed by atoms with Gasteiger partial charge < -0.3 is 10.1 Å². The second kappa shape index (κ2) is 7.49. The Morgan fingerprint density at radius 3 is 2.47 bits per heavy atom. The van der Waals surface area contributed by atoms with E-state index in [9.17, 15) is 0 Å². The number of nitrogens with one attached hydrogen (secondary N) is 2. The number of methoxy groups -OCH3 is 1. The molecule has 0 spiro atoms. The van der Waals surface area contributed by atoms with Gasteiger partial charge in [0.05, 0.1) is 7.11 Å². The van der Waals surface area contributed by atoms with Gasteiger partial charge in [0.15, 0.2) is 11.3 Å². The van der Waals surface area contributed by atoms with Crippen LogP contribution in [-0.4, -0.2) is 41.8 Å². The van der Waals surface area contributed by atoms with Gasteiger partial charge in [-0.25, -0.2) is 0 Å². The topological polar surface area (TPSA) is 57.1 Å². The molecule has 15 heavy (non-hydrogen) atoms. The Morgan fingerprint density at radius 2 is 2.00 bits per heavy atom. The first-order valence-electron chi connectivity index (χ1n) is 3.86. The van der Waals surface area contributed by atoms with E-state index in [1.165, 1.54) is 0 Å². The van der Waals surface area contributed by atoms with Crippen molar-refractivity contribution in [3.05, 3.63) is 24.3 Å². The van der Waals surface area contributed by atoms with Crippen LogP contribution in [0.1, 0.15) is 0 Å². The van der Waals surface area contributed by atoms with E-state index in [0.717, 1.165) is 11.4 Å². The molecule has 4 nitrogen and oxygen atoms in total. The van der Waals surface area contributed by atoms with Gasteiger partial charge in [-0.3, -0.25) is 5.32 Å². The minimum Gasteiger partial charge on any atom is -0.497 e. The fourth-order valence-corrected chi connectivity index (χ4v) is 1.05. The Balaban J connectivity index is 0.00000196. The molecule has 1 aromatic carbocycles. The quantitative estimate of drug-likeness (QED) is 0.344. The van der Waals surface area contributed by atoms with E-state index in [4.69, 9.17) is 22.2 Å². The third-order valence-electron chi connectivity index (χ3n) is 1.52. The van der Waals surface area contributed by atoms with Gasteiger partial charge in [0, 0.05) is 35.2 Å². The Bertz CT molecular complexity index is 361. The smallest absolute Gasteiger partial charge is 0.184 e. The molecule has 1 rings (SSSR count). The molecular weight excluding hydrogens is 221 g/mol. The van der Waals surface area contributed by atoms with E-state index in [-0.39, 0.29) is 34.7 Å². The minimum atomic E-state index is 0. The fraction of sp³-hybridized carbons (Fsp3) is 0.111. The number of anilines is 1. The van der Waals surface area contributed by atoms with Crippen LogP contribution in [0.5, 0.6) is 5.75 Å². The molecule has 0 aromatic heterocycles. The monoisotopic (exact) mass is 230 g/mol. The van der Waals surface area contributed by atoms with Crippen molar-refractivity contribution in [1.29, 1.82) is 5.26 Å². The van der Waals surface area contributed by atoms with E-state index in [0.29, 0.717) is 0 Å². The van der Waals surface area contributed by atoms with Crippen LogP contribution >= 0.6 is 12.2 Å². The van der Waals surface area contributed by atoms with Crippen molar-refractivity contribution in [3.8, 4) is 11.9 Å². The second-order valence-electron chi connectivity index (χ2n) is 2.42. The average molecular weight is 230 g/mol. The summed E-state index contributed by atoms with van der Waals surface area (Å²) in [6, 6.07) is 7.23. The van der Waals surface area contributed by atoms with Crippen molar-refractivity contribution in [2.24, 2.45) is 0 Å². The van der Waals surface area contributed by atoms with E-state index in [2.05, 4.69) is 10.6 Å². The molecule has 6 heteroatoms. The van der Waals surface area contributed by atoms with Crippen LogP contribution in [0.25, 0.3) is 0 Å². The van der Waals surface area contributed by atoms with Crippen LogP contribution in [0.15, 0.2) is 24.3 Å². The van der Waals surface area contributed by atoms with Gasteiger partial charge in [0.2, 0.25) is 0 Å². The molecule has 0 aliphatic rings. The molecule has 0 heterocycles. The van der Waals surface area contributed by atoms with Gasteiger partial charge >= 0.3 is 0 Å². The third-order valence-corrected chi connectivity index (χ3v) is 1.72. The normalized spacial score (nSPS) is 8.00. The van der Waals surface area contributed by atoms with Crippen molar-refractivity contribution < 1.29 is 4.74 Å². The molecule has 0 bridgehead atoms. The van der Waals surface area contributed by atoms with E-state index >= 15 is 0 Å². The van der Waals surface area contributed by atoms with Gasteiger partial charge in [-0.15, -0.1) is 0 Å². The zero-order valence-electron chi connectivity index (χ0n) is 8.57. The van der Waals surface area contributed by atoms with Crippen LogP contribution in [0.4, 0.5) is 5.69 Å². The standard InChI is InChI=1S/C9H9N3OS.Na/c1-13-8-4-2-7(3-5-8)12-9(14)11-6-10;/h2-5H,1H3,(H2,11,12,14);. The molecule has 0 unspecified atom stereocenters. The molecule has 0 atom stereocenters. The average Bonchev–Trinajstić information content (AvgIpc) is 2.19. The summed E-state index contributed by atoms with van der Waals surface area (Å²) < 4.78 is 4.99. The van der Waals surface area contributed by atoms with Gasteiger partial charge in [-0.05, 0) is 36.5 Å². The molecule has 0 aliphatic carbocycles. The van der Waals surface area contributed by atoms with E-state index < -0.39 is 0 Å². The molecule has 2 N–H and O–H groups in total. The Hall–Kier alpha value is -0.800. The first-order chi connectivity index (χ1) is 6.76. The van der Waals surface area contributed by atoms with Crippen molar-refractivity contribution in [1.82, 2.24) is 5.32 Å². The fourth-order valence-electron chi connectivity index (χ4n) is 0.887. The summed E-state index contributed by atoms with van der Waals surface area (Å²) in [5, 5.41) is 13.7. The van der Waals surface area contributed by atoms with Gasteiger partial charge in [-0.2, -0.15) is 5.26 Å². The Kier molecular flexibility index (Phi) is 7.09. The molecular formula is C9H9N3NaOS. The minimum absolute atomic E-state index is 0. The molecule has 0 saturated carbocycles. The number of hydrogen-bond donors (Lipinski definition) is 2. The summed E-state index contributed by atoms with van der Waals surface area (Å²) in [5.74, 6) is 0.773. The SMILES string of the molecule is COc1ccc(NC(=S)NC#N)cc1.[Na]. The van der Waals surface area contributed by atoms with Gasteiger partial charge in [-0.1, -0.05) is 0 Å². The Morgan fingerprint density at radius 1 is 1.40 bits per heavy atom. The summed E-state index contributed by atoms with van der Waals surface area (Å²) in [6.07, 6.45) is 1.73. The van der Waals surface area contributed by atoms with Crippen LogP contribution < -0.4 is 15.4 Å². The summed E-state index contributed by atoms with van der Waals surface area (Å²) in [7, 11) is 1.60. The van der Waals surface area contributed by atoms with Crippen molar-refractivity contribution in [2.45, 2.75) is 0 Å². The van der Waals surface area contributed by atoms with E-state index in [1.54, 1.807) is 25.4 Å². The van der Waals surface area contributed by atoms with Crippen molar-refractivity contribution in [2.75, 3.05) is 12.4 Å². The molecule has 0 fully saturated rings. The molecule has 0 saturated heterocycles. The van der Waals surface area contributed by atoms with Crippen LogP contribution in [-0.2, 0) is 0 Å². The summed E-state index contributed by atoms with van der Waals surface area (Å²) in [6.45, 7) is 0. The summed E-state index contributed by atoms with van der Waals surface area (Å²) >= 11 is 4.82. The Labute approximate surface area is 116 Å². The first kappa shape index (κ1) is 14.2. The van der Waals surface area contributed by atoms with Crippen LogP contribution in [0.3, 0.4) is 0 Å². The number of nitriles is 1. The number of nitrogens with zero attached hydrogens (tertiary/aromatic N) is 1. The number of benzene rings is 1. The third kappa shape index (κ3) is 5.00. The number of rotatable bonds is 2. The molecule has 1 aromatic rings. The van der Waals surface area contributed by atoms with Gasteiger partial charge in [0.1, 0.15) is 5.75 Å². The summed E-state index contributed by atoms with van der Waals surface area (Å²) in [4.78, 5) is 0. The predicted molar refractivity (Wildman–Crippen MR) is 63.7 cm³/mol. The van der Waals surface area contributed by atoms with Crippen molar-refractivity contribution >= 4 is 52.6 Å². The van der Waals surface area contributed by atoms with Crippen molar-refractivity contribution in [3.63, 3.8) is 0 Å². The predicted octanol–water partition coefficient (Wildman–Crippen LogP) is 1.08. The molecule has 73 valence electrons. The second-order valence-corrected chi connectivity index (χ2v) is 2.83. The zero-order chi connectivity index (χ0) is 10.4. The zero-order valence-corrected chi connectivity index (χ0v) is 11.4. The number of hydrogen-bond acceptors (Lipinski definition) is 3. The molecule has 1 radical (unpaired) electrons. The first-order valence-corrected chi connectivity index (χ1v) is 4.27.